The van der Waals surface area contributed by atoms with Gasteiger partial charge in [-0.15, -0.1) is 13.1 Å². The van der Waals surface area contributed by atoms with Gasteiger partial charge < -0.3 is 5.73 Å². The van der Waals surface area contributed by atoms with Gasteiger partial charge in [-0.05, 0) is 17.8 Å². The number of hydrogen-bond acceptors (Lipinski definition) is 7. The zero-order valence-electron chi connectivity index (χ0n) is 7.24. The zero-order chi connectivity index (χ0) is 10.7. The van der Waals surface area contributed by atoms with Crippen LogP contribution in [0.1, 0.15) is 0 Å². The molecule has 78 valence electrons. The number of rotatable bonds is 3. The largest absolute Gasteiger partial charge is 0.367 e. The fourth-order valence-corrected chi connectivity index (χ4v) is 1.80. The van der Waals surface area contributed by atoms with Gasteiger partial charge in [0.15, 0.2) is 12.3 Å². The molecular formula is C6H5FN6S2. The van der Waals surface area contributed by atoms with Gasteiger partial charge in [0.25, 0.3) is 0 Å². The second-order valence-electron chi connectivity index (χ2n) is 2.37. The molecule has 0 aliphatic rings. The lowest BCUT2D eigenvalue weighted by Crippen LogP contribution is -1.94. The van der Waals surface area contributed by atoms with Crippen LogP contribution < -0.4 is 5.73 Å². The van der Waals surface area contributed by atoms with Gasteiger partial charge in [-0.2, -0.15) is 15.2 Å². The van der Waals surface area contributed by atoms with E-state index in [1.807, 2.05) is 0 Å². The van der Waals surface area contributed by atoms with Crippen molar-refractivity contribution in [2.24, 2.45) is 0 Å². The van der Waals surface area contributed by atoms with Crippen LogP contribution in [0.3, 0.4) is 0 Å². The van der Waals surface area contributed by atoms with Gasteiger partial charge in [0, 0.05) is 4.90 Å². The first kappa shape index (κ1) is 10.2. The van der Waals surface area contributed by atoms with E-state index in [9.17, 15) is 3.89 Å². The fraction of sp³-hybridized carbons (Fsp3) is 0. The van der Waals surface area contributed by atoms with Gasteiger partial charge in [-0.25, -0.2) is 0 Å². The predicted octanol–water partition coefficient (Wildman–Crippen LogP) is 1.18. The van der Waals surface area contributed by atoms with Crippen molar-refractivity contribution in [3.63, 3.8) is 0 Å². The second kappa shape index (κ2) is 4.45. The van der Waals surface area contributed by atoms with E-state index >= 15 is 0 Å². The minimum absolute atomic E-state index is 0.0204. The third-order valence-corrected chi connectivity index (χ3v) is 2.65. The highest BCUT2D eigenvalue weighted by Gasteiger charge is 2.08. The summed E-state index contributed by atoms with van der Waals surface area (Å²) in [5, 5.41) is 11.5. The Hall–Kier alpha value is -1.35. The Labute approximate surface area is 92.9 Å². The van der Waals surface area contributed by atoms with Crippen LogP contribution >= 0.6 is 24.1 Å². The van der Waals surface area contributed by atoms with Gasteiger partial charge >= 0.3 is 0 Å². The van der Waals surface area contributed by atoms with E-state index in [0.29, 0.717) is 5.16 Å². The van der Waals surface area contributed by atoms with E-state index < -0.39 is 0 Å². The van der Waals surface area contributed by atoms with Crippen molar-refractivity contribution < 1.29 is 3.89 Å². The molecule has 0 amide bonds. The Kier molecular flexibility index (Phi) is 3.02. The lowest BCUT2D eigenvalue weighted by molar-refractivity contribution is 0.858. The normalized spacial score (nSPS) is 10.5. The highest BCUT2D eigenvalue weighted by Crippen LogP contribution is 2.25. The maximum Gasteiger partial charge on any atom is 0.232 e. The first-order valence-electron chi connectivity index (χ1n) is 3.76. The third kappa shape index (κ3) is 2.36. The minimum Gasteiger partial charge on any atom is -0.367 e. The van der Waals surface area contributed by atoms with Crippen molar-refractivity contribution in [1.82, 2.24) is 24.4 Å². The summed E-state index contributed by atoms with van der Waals surface area (Å²) in [6, 6.07) is 1.75. The molecule has 2 aromatic heterocycles. The smallest absolute Gasteiger partial charge is 0.232 e. The van der Waals surface area contributed by atoms with E-state index in [4.69, 9.17) is 5.73 Å². The molecule has 2 aromatic rings. The highest BCUT2D eigenvalue weighted by molar-refractivity contribution is 7.99. The molecule has 15 heavy (non-hydrogen) atoms. The van der Waals surface area contributed by atoms with Crippen molar-refractivity contribution in [1.29, 1.82) is 0 Å². The molecule has 0 bridgehead atoms. The molecule has 0 radical (unpaired) electrons. The Balaban J connectivity index is 2.18. The summed E-state index contributed by atoms with van der Waals surface area (Å²) in [6.07, 6.45) is 3.11. The van der Waals surface area contributed by atoms with Crippen molar-refractivity contribution in [3.05, 3.63) is 18.5 Å². The lowest BCUT2D eigenvalue weighted by Gasteiger charge is -1.92. The van der Waals surface area contributed by atoms with Crippen LogP contribution in [0.15, 0.2) is 28.5 Å². The second-order valence-corrected chi connectivity index (χ2v) is 3.90. The number of nitrogens with two attached hydrogens (primary N) is 1. The summed E-state index contributed by atoms with van der Waals surface area (Å²) in [7, 11) is 0. The summed E-state index contributed by atoms with van der Waals surface area (Å²) in [4.78, 5) is 4.67. The Morgan fingerprint density at radius 2 is 2.27 bits per heavy atom. The summed E-state index contributed by atoms with van der Waals surface area (Å²) >= 11 is 1.14. The van der Waals surface area contributed by atoms with Gasteiger partial charge in [-0.3, -0.25) is 0 Å². The van der Waals surface area contributed by atoms with E-state index in [0.717, 1.165) is 8.98 Å². The van der Waals surface area contributed by atoms with Gasteiger partial charge in [0.2, 0.25) is 11.1 Å². The Morgan fingerprint density at radius 3 is 2.87 bits per heavy atom. The molecule has 0 atom stereocenters. The van der Waals surface area contributed by atoms with Crippen molar-refractivity contribution >= 4 is 30.0 Å². The molecule has 2 N–H and O–H groups in total. The van der Waals surface area contributed by atoms with E-state index in [-0.39, 0.29) is 18.3 Å². The molecule has 0 aliphatic carbocycles. The molecule has 9 heteroatoms. The molecule has 0 spiro atoms. The van der Waals surface area contributed by atoms with Crippen molar-refractivity contribution in [3.8, 4) is 0 Å². The van der Waals surface area contributed by atoms with Gasteiger partial charge in [0.1, 0.15) is 0 Å². The maximum absolute atomic E-state index is 12.2. The van der Waals surface area contributed by atoms with E-state index in [1.165, 1.54) is 11.8 Å². The third-order valence-electron chi connectivity index (χ3n) is 1.41. The highest BCUT2D eigenvalue weighted by atomic mass is 32.2. The number of aromatic nitrogens is 5. The summed E-state index contributed by atoms with van der Waals surface area (Å²) in [5.74, 6) is 0.0204. The van der Waals surface area contributed by atoms with Gasteiger partial charge in [-0.1, -0.05) is 0 Å². The molecule has 2 rings (SSSR count). The quantitative estimate of drug-likeness (QED) is 0.868. The Bertz CT molecular complexity index is 446. The Morgan fingerprint density at radius 1 is 1.40 bits per heavy atom. The standard InChI is InChI=1S/C6H5FN6S2/c7-15-13-5(8)11-6(12-13)14-4-1-2-9-10-3-4/h1-3H,(H2,8,11,12). The predicted molar refractivity (Wildman–Crippen MR) is 54.7 cm³/mol. The molecule has 0 aromatic carbocycles. The topological polar surface area (TPSA) is 82.5 Å². The van der Waals surface area contributed by atoms with Crippen molar-refractivity contribution in [2.45, 2.75) is 10.1 Å². The number of hydrogen-bond donors (Lipinski definition) is 1. The minimum atomic E-state index is -0.0964. The van der Waals surface area contributed by atoms with E-state index in [2.05, 4.69) is 20.3 Å². The summed E-state index contributed by atoms with van der Waals surface area (Å²) in [6.45, 7) is 0. The van der Waals surface area contributed by atoms with E-state index in [1.54, 1.807) is 18.5 Å². The molecule has 0 unspecified atom stereocenters. The van der Waals surface area contributed by atoms with Crippen LogP contribution in [-0.4, -0.2) is 24.4 Å². The molecular weight excluding hydrogens is 239 g/mol. The summed E-state index contributed by atoms with van der Waals surface area (Å²) < 4.78 is 13.1. The van der Waals surface area contributed by atoms with Crippen LogP contribution in [0, 0.1) is 0 Å². The van der Waals surface area contributed by atoms with Crippen LogP contribution in [0.4, 0.5) is 9.83 Å². The fourth-order valence-electron chi connectivity index (χ4n) is 0.830. The van der Waals surface area contributed by atoms with Crippen molar-refractivity contribution in [2.75, 3.05) is 5.73 Å². The first-order chi connectivity index (χ1) is 7.29. The number of nitrogens with zero attached hydrogens (tertiary/aromatic N) is 5. The summed E-state index contributed by atoms with van der Waals surface area (Å²) in [5.41, 5.74) is 5.39. The lowest BCUT2D eigenvalue weighted by atomic mass is 10.6. The van der Waals surface area contributed by atoms with Crippen LogP contribution in [0.2, 0.25) is 0 Å². The first-order valence-corrected chi connectivity index (χ1v) is 5.25. The average molecular weight is 244 g/mol. The van der Waals surface area contributed by atoms with Gasteiger partial charge in [0.05, 0.1) is 12.4 Å². The number of halogens is 1. The SMILES string of the molecule is Nc1nc(Sc2ccnnc2)nn1SF. The number of nitrogen functional groups attached to an aromatic ring is 1. The molecule has 0 aliphatic heterocycles. The van der Waals surface area contributed by atoms with Crippen LogP contribution in [0.25, 0.3) is 0 Å². The average Bonchev–Trinajstić information content (AvgIpc) is 2.60. The molecule has 2 heterocycles. The number of anilines is 1. The molecule has 0 saturated heterocycles. The van der Waals surface area contributed by atoms with Crippen LogP contribution in [-0.2, 0) is 0 Å². The molecule has 6 nitrogen and oxygen atoms in total. The molecule has 0 saturated carbocycles. The maximum atomic E-state index is 12.2. The molecule has 0 fully saturated rings. The van der Waals surface area contributed by atoms with Crippen LogP contribution in [0.5, 0.6) is 0 Å². The monoisotopic (exact) mass is 244 g/mol. The zero-order valence-corrected chi connectivity index (χ0v) is 8.87.